The minimum absolute atomic E-state index is 0.0816. The number of carbonyl (C=O) groups excluding carboxylic acids is 2. The summed E-state index contributed by atoms with van der Waals surface area (Å²) in [6, 6.07) is 13.4. The Morgan fingerprint density at radius 2 is 1.97 bits per heavy atom. The number of hydrogen-bond donors (Lipinski definition) is 1. The smallest absolute Gasteiger partial charge is 0.259 e. The summed E-state index contributed by atoms with van der Waals surface area (Å²) in [5.74, 6) is -0.887. The summed E-state index contributed by atoms with van der Waals surface area (Å²) >= 11 is 0. The van der Waals surface area contributed by atoms with Gasteiger partial charge in [0.1, 0.15) is 5.82 Å². The summed E-state index contributed by atoms with van der Waals surface area (Å²) in [7, 11) is 1.97. The zero-order valence-corrected chi connectivity index (χ0v) is 17.6. The lowest BCUT2D eigenvalue weighted by Crippen LogP contribution is -2.31. The van der Waals surface area contributed by atoms with E-state index in [9.17, 15) is 14.0 Å². The largest absolute Gasteiger partial charge is 0.351 e. The minimum Gasteiger partial charge on any atom is -0.351 e. The van der Waals surface area contributed by atoms with Crippen LogP contribution in [-0.4, -0.2) is 37.6 Å². The summed E-state index contributed by atoms with van der Waals surface area (Å²) in [4.78, 5) is 27.9. The van der Waals surface area contributed by atoms with E-state index in [4.69, 9.17) is 0 Å². The summed E-state index contributed by atoms with van der Waals surface area (Å²) < 4.78 is 17.3. The lowest BCUT2D eigenvalue weighted by atomic mass is 10.1. The Kier molecular flexibility index (Phi) is 4.97. The number of nitrogens with zero attached hydrogens (tertiary/aromatic N) is 4. The molecule has 1 aliphatic rings. The first-order valence-electron chi connectivity index (χ1n) is 10.5. The van der Waals surface area contributed by atoms with Crippen LogP contribution in [0.15, 0.2) is 60.9 Å². The Hall–Kier alpha value is -3.94. The predicted octanol–water partition coefficient (Wildman–Crippen LogP) is 3.81. The molecule has 0 atom stereocenters. The van der Waals surface area contributed by atoms with Gasteiger partial charge in [0.05, 0.1) is 24.0 Å². The second kappa shape index (κ2) is 7.96. The zero-order valence-electron chi connectivity index (χ0n) is 17.6. The van der Waals surface area contributed by atoms with E-state index < -0.39 is 5.82 Å². The molecule has 0 aliphatic carbocycles. The third kappa shape index (κ3) is 3.64. The van der Waals surface area contributed by atoms with Crippen molar-refractivity contribution < 1.29 is 14.0 Å². The van der Waals surface area contributed by atoms with Crippen molar-refractivity contribution >= 4 is 28.4 Å². The number of fused-ring (bicyclic) bond motifs is 2. The van der Waals surface area contributed by atoms with Crippen LogP contribution in [0.1, 0.15) is 32.8 Å². The van der Waals surface area contributed by atoms with Crippen molar-refractivity contribution in [3.05, 3.63) is 83.6 Å². The maximum Gasteiger partial charge on any atom is 0.259 e. The number of halogens is 1. The summed E-state index contributed by atoms with van der Waals surface area (Å²) in [6.07, 6.45) is 4.21. The first-order valence-corrected chi connectivity index (χ1v) is 10.5. The number of amides is 2. The maximum atomic E-state index is 13.5. The van der Waals surface area contributed by atoms with Crippen LogP contribution in [0.5, 0.6) is 0 Å². The van der Waals surface area contributed by atoms with E-state index in [0.717, 1.165) is 17.3 Å². The molecule has 2 aromatic heterocycles. The number of nitrogens with one attached hydrogen (secondary N) is 1. The molecular weight excluding hydrogens is 409 g/mol. The van der Waals surface area contributed by atoms with Crippen LogP contribution in [0.25, 0.3) is 10.9 Å². The van der Waals surface area contributed by atoms with Gasteiger partial charge in [0.25, 0.3) is 11.8 Å². The molecule has 0 fully saturated rings. The van der Waals surface area contributed by atoms with Crippen molar-refractivity contribution in [1.29, 1.82) is 0 Å². The highest BCUT2D eigenvalue weighted by atomic mass is 19.1. The van der Waals surface area contributed by atoms with Gasteiger partial charge < -0.3 is 14.8 Å². The molecule has 2 aromatic carbocycles. The topological polar surface area (TPSA) is 72.2 Å². The fourth-order valence-corrected chi connectivity index (χ4v) is 4.17. The molecule has 32 heavy (non-hydrogen) atoms. The molecule has 2 amide bonds. The van der Waals surface area contributed by atoms with Crippen LogP contribution in [0.3, 0.4) is 0 Å². The first-order chi connectivity index (χ1) is 15.5. The molecular formula is C24H22FN5O2. The van der Waals surface area contributed by atoms with Crippen molar-refractivity contribution in [2.75, 3.05) is 11.9 Å². The molecule has 0 spiro atoms. The predicted molar refractivity (Wildman–Crippen MR) is 119 cm³/mol. The molecule has 0 unspecified atom stereocenters. The number of anilines is 1. The van der Waals surface area contributed by atoms with Crippen molar-refractivity contribution in [2.24, 2.45) is 7.05 Å². The molecule has 0 radical (unpaired) electrons. The van der Waals surface area contributed by atoms with Crippen molar-refractivity contribution in [3.8, 4) is 0 Å². The lowest BCUT2D eigenvalue weighted by Gasteiger charge is -2.21. The van der Waals surface area contributed by atoms with Gasteiger partial charge in [-0.1, -0.05) is 6.07 Å². The molecule has 7 nitrogen and oxygen atoms in total. The molecule has 5 rings (SSSR count). The summed E-state index contributed by atoms with van der Waals surface area (Å²) in [5.41, 5.74) is 3.10. The Balaban J connectivity index is 1.40. The van der Waals surface area contributed by atoms with E-state index in [0.29, 0.717) is 35.6 Å². The number of carbonyl (C=O) groups is 2. The molecule has 0 bridgehead atoms. The standard InChI is InChI=1S/C24H22FN5O2/c1-28-11-8-16-12-17(6-7-21(16)28)24(32)29-9-3-10-30-22(15-29)20(14-26-30)23(31)27-19-5-2-4-18(25)13-19/h2,4-8,11-14H,3,9-10,15H2,1H3,(H,27,31). The fourth-order valence-electron chi connectivity index (χ4n) is 4.17. The van der Waals surface area contributed by atoms with Gasteiger partial charge in [-0.25, -0.2) is 4.39 Å². The van der Waals surface area contributed by atoms with Crippen molar-refractivity contribution in [1.82, 2.24) is 19.2 Å². The Morgan fingerprint density at radius 3 is 2.81 bits per heavy atom. The Morgan fingerprint density at radius 1 is 1.09 bits per heavy atom. The molecule has 0 saturated heterocycles. The summed E-state index contributed by atoms with van der Waals surface area (Å²) in [6.45, 7) is 1.46. The molecule has 3 heterocycles. The molecule has 1 aliphatic heterocycles. The highest BCUT2D eigenvalue weighted by Gasteiger charge is 2.26. The molecule has 1 N–H and O–H groups in total. The quantitative estimate of drug-likeness (QED) is 0.536. The average molecular weight is 431 g/mol. The van der Waals surface area contributed by atoms with Crippen molar-refractivity contribution in [3.63, 3.8) is 0 Å². The number of aryl methyl sites for hydroxylation is 2. The normalized spacial score (nSPS) is 13.6. The van der Waals surface area contributed by atoms with Gasteiger partial charge in [0, 0.05) is 48.5 Å². The Bertz CT molecular complexity index is 1340. The zero-order chi connectivity index (χ0) is 22.2. The van der Waals surface area contributed by atoms with Crippen LogP contribution in [0, 0.1) is 5.82 Å². The third-order valence-electron chi connectivity index (χ3n) is 5.83. The highest BCUT2D eigenvalue weighted by Crippen LogP contribution is 2.22. The maximum absolute atomic E-state index is 13.5. The number of hydrogen-bond acceptors (Lipinski definition) is 3. The van der Waals surface area contributed by atoms with Crippen LogP contribution in [0.4, 0.5) is 10.1 Å². The SMILES string of the molecule is Cn1ccc2cc(C(=O)N3CCCn4ncc(C(=O)Nc5cccc(F)c5)c4C3)ccc21. The van der Waals surface area contributed by atoms with E-state index in [1.54, 1.807) is 15.6 Å². The highest BCUT2D eigenvalue weighted by molar-refractivity contribution is 6.05. The van der Waals surface area contributed by atoms with Crippen LogP contribution < -0.4 is 5.32 Å². The second-order valence-corrected chi connectivity index (χ2v) is 7.97. The molecule has 0 saturated carbocycles. The van der Waals surface area contributed by atoms with Gasteiger partial charge in [-0.05, 0) is 48.9 Å². The van der Waals surface area contributed by atoms with Gasteiger partial charge in [0.15, 0.2) is 0 Å². The lowest BCUT2D eigenvalue weighted by molar-refractivity contribution is 0.0744. The van der Waals surface area contributed by atoms with Gasteiger partial charge in [0.2, 0.25) is 0 Å². The van der Waals surface area contributed by atoms with Gasteiger partial charge in [-0.15, -0.1) is 0 Å². The van der Waals surface area contributed by atoms with Gasteiger partial charge in [-0.2, -0.15) is 5.10 Å². The van der Waals surface area contributed by atoms with Crippen LogP contribution in [0.2, 0.25) is 0 Å². The summed E-state index contributed by atoms with van der Waals surface area (Å²) in [5, 5.41) is 8.07. The van der Waals surface area contributed by atoms with Gasteiger partial charge in [-0.3, -0.25) is 14.3 Å². The molecule has 4 aromatic rings. The number of aromatic nitrogens is 3. The average Bonchev–Trinajstić information content (AvgIpc) is 3.29. The van der Waals surface area contributed by atoms with Crippen LogP contribution in [-0.2, 0) is 20.1 Å². The third-order valence-corrected chi connectivity index (χ3v) is 5.83. The van der Waals surface area contributed by atoms with E-state index in [1.807, 2.05) is 42.1 Å². The molecule has 162 valence electrons. The Labute approximate surface area is 184 Å². The van der Waals surface area contributed by atoms with Crippen LogP contribution >= 0.6 is 0 Å². The molecule has 8 heteroatoms. The van der Waals surface area contributed by atoms with E-state index >= 15 is 0 Å². The van der Waals surface area contributed by atoms with E-state index in [2.05, 4.69) is 10.4 Å². The minimum atomic E-state index is -0.427. The van der Waals surface area contributed by atoms with E-state index in [1.165, 1.54) is 24.4 Å². The monoisotopic (exact) mass is 431 g/mol. The number of benzene rings is 2. The fraction of sp³-hybridized carbons (Fsp3) is 0.208. The number of rotatable bonds is 3. The first kappa shape index (κ1) is 20.0. The van der Waals surface area contributed by atoms with E-state index in [-0.39, 0.29) is 18.4 Å². The van der Waals surface area contributed by atoms with Crippen molar-refractivity contribution in [2.45, 2.75) is 19.5 Å². The second-order valence-electron chi connectivity index (χ2n) is 7.97. The van der Waals surface area contributed by atoms with Gasteiger partial charge >= 0.3 is 0 Å².